The van der Waals surface area contributed by atoms with E-state index < -0.39 is 0 Å². The fraction of sp³-hybridized carbons (Fsp3) is 0.167. The summed E-state index contributed by atoms with van der Waals surface area (Å²) in [5, 5.41) is 3.80. The van der Waals surface area contributed by atoms with E-state index in [1.165, 1.54) is 0 Å². The van der Waals surface area contributed by atoms with Crippen molar-refractivity contribution in [3.63, 3.8) is 0 Å². The maximum atomic E-state index is 5.92. The van der Waals surface area contributed by atoms with Crippen molar-refractivity contribution in [3.8, 4) is 0 Å². The minimum absolute atomic E-state index is 0.661. The van der Waals surface area contributed by atoms with Gasteiger partial charge in [0, 0.05) is 16.4 Å². The van der Waals surface area contributed by atoms with Crippen LogP contribution in [0.2, 0.25) is 5.02 Å². The first-order valence-corrected chi connectivity index (χ1v) is 6.25. The number of halogens is 2. The lowest BCUT2D eigenvalue weighted by Gasteiger charge is -2.07. The number of anilines is 2. The molecule has 0 bridgehead atoms. The molecular formula is C12H11BrClN3. The molecule has 0 unspecified atom stereocenters. The zero-order valence-corrected chi connectivity index (χ0v) is 11.8. The monoisotopic (exact) mass is 311 g/mol. The molecule has 2 aromatic rings. The SMILES string of the molecule is Cc1cc(Br)cc(Nc2cc(C)c(Cl)cn2)n1. The Morgan fingerprint density at radius 3 is 2.59 bits per heavy atom. The van der Waals surface area contributed by atoms with Crippen LogP contribution in [0.25, 0.3) is 0 Å². The smallest absolute Gasteiger partial charge is 0.132 e. The molecule has 0 aliphatic carbocycles. The van der Waals surface area contributed by atoms with Gasteiger partial charge in [0.15, 0.2) is 0 Å². The molecule has 0 atom stereocenters. The maximum Gasteiger partial charge on any atom is 0.132 e. The Kier molecular flexibility index (Phi) is 3.64. The van der Waals surface area contributed by atoms with Gasteiger partial charge in [0.2, 0.25) is 0 Å². The van der Waals surface area contributed by atoms with Crippen molar-refractivity contribution in [1.82, 2.24) is 9.97 Å². The average Bonchev–Trinajstić information content (AvgIpc) is 2.22. The Morgan fingerprint density at radius 1 is 1.18 bits per heavy atom. The van der Waals surface area contributed by atoms with Crippen LogP contribution in [0.1, 0.15) is 11.3 Å². The van der Waals surface area contributed by atoms with E-state index in [9.17, 15) is 0 Å². The quantitative estimate of drug-likeness (QED) is 0.900. The maximum absolute atomic E-state index is 5.92. The van der Waals surface area contributed by atoms with Crippen LogP contribution in [-0.4, -0.2) is 9.97 Å². The number of hydrogen-bond donors (Lipinski definition) is 1. The third-order valence-electron chi connectivity index (χ3n) is 2.22. The molecule has 0 saturated heterocycles. The first-order valence-electron chi connectivity index (χ1n) is 5.08. The van der Waals surface area contributed by atoms with Gasteiger partial charge in [0.05, 0.1) is 5.02 Å². The molecule has 2 aromatic heterocycles. The fourth-order valence-electron chi connectivity index (χ4n) is 1.43. The lowest BCUT2D eigenvalue weighted by atomic mass is 10.3. The molecule has 88 valence electrons. The van der Waals surface area contributed by atoms with Gasteiger partial charge >= 0.3 is 0 Å². The van der Waals surface area contributed by atoms with E-state index in [1.54, 1.807) is 6.20 Å². The summed E-state index contributed by atoms with van der Waals surface area (Å²) in [6, 6.07) is 5.74. The van der Waals surface area contributed by atoms with E-state index in [0.717, 1.165) is 27.4 Å². The molecule has 0 fully saturated rings. The van der Waals surface area contributed by atoms with Gasteiger partial charge in [-0.1, -0.05) is 27.5 Å². The van der Waals surface area contributed by atoms with Crippen LogP contribution >= 0.6 is 27.5 Å². The lowest BCUT2D eigenvalue weighted by molar-refractivity contribution is 1.17. The van der Waals surface area contributed by atoms with E-state index in [2.05, 4.69) is 31.2 Å². The van der Waals surface area contributed by atoms with E-state index in [-0.39, 0.29) is 0 Å². The van der Waals surface area contributed by atoms with Gasteiger partial charge in [-0.25, -0.2) is 9.97 Å². The Balaban J connectivity index is 2.28. The molecule has 0 aliphatic rings. The van der Waals surface area contributed by atoms with Gasteiger partial charge in [0.1, 0.15) is 11.6 Å². The van der Waals surface area contributed by atoms with Crippen molar-refractivity contribution < 1.29 is 0 Å². The van der Waals surface area contributed by atoms with Gasteiger partial charge in [-0.15, -0.1) is 0 Å². The topological polar surface area (TPSA) is 37.8 Å². The summed E-state index contributed by atoms with van der Waals surface area (Å²) in [5.74, 6) is 1.49. The van der Waals surface area contributed by atoms with Crippen LogP contribution in [0.3, 0.4) is 0 Å². The Hall–Kier alpha value is -1.13. The predicted octanol–water partition coefficient (Wildman–Crippen LogP) is 4.25. The Labute approximate surface area is 113 Å². The van der Waals surface area contributed by atoms with Crippen LogP contribution in [0.5, 0.6) is 0 Å². The van der Waals surface area contributed by atoms with E-state index in [1.807, 2.05) is 32.0 Å². The van der Waals surface area contributed by atoms with E-state index in [4.69, 9.17) is 11.6 Å². The molecule has 5 heteroatoms. The molecular weight excluding hydrogens is 302 g/mol. The second kappa shape index (κ2) is 5.02. The number of aromatic nitrogens is 2. The molecule has 0 amide bonds. The van der Waals surface area contributed by atoms with Gasteiger partial charge < -0.3 is 5.32 Å². The van der Waals surface area contributed by atoms with Crippen LogP contribution in [0.4, 0.5) is 11.6 Å². The summed E-state index contributed by atoms with van der Waals surface area (Å²) in [7, 11) is 0. The minimum atomic E-state index is 0.661. The number of rotatable bonds is 2. The summed E-state index contributed by atoms with van der Waals surface area (Å²) in [6.45, 7) is 3.88. The molecule has 0 aliphatic heterocycles. The van der Waals surface area contributed by atoms with Crippen LogP contribution in [0.15, 0.2) is 28.9 Å². The van der Waals surface area contributed by atoms with Crippen molar-refractivity contribution in [3.05, 3.63) is 45.1 Å². The largest absolute Gasteiger partial charge is 0.325 e. The molecule has 1 N–H and O–H groups in total. The fourth-order valence-corrected chi connectivity index (χ4v) is 2.08. The number of aryl methyl sites for hydroxylation is 2. The minimum Gasteiger partial charge on any atom is -0.325 e. The first-order chi connectivity index (χ1) is 8.04. The standard InChI is InChI=1S/C12H11BrClN3/c1-7-3-11(15-6-10(7)14)17-12-5-9(13)4-8(2)16-12/h3-6H,1-2H3,(H,15,16,17). The lowest BCUT2D eigenvalue weighted by Crippen LogP contribution is -1.97. The molecule has 0 radical (unpaired) electrons. The highest BCUT2D eigenvalue weighted by Gasteiger charge is 2.02. The molecule has 17 heavy (non-hydrogen) atoms. The summed E-state index contributed by atoms with van der Waals surface area (Å²) in [5.41, 5.74) is 1.92. The zero-order valence-electron chi connectivity index (χ0n) is 9.46. The molecule has 0 aromatic carbocycles. The number of hydrogen-bond acceptors (Lipinski definition) is 3. The van der Waals surface area contributed by atoms with E-state index in [0.29, 0.717) is 5.02 Å². The molecule has 3 nitrogen and oxygen atoms in total. The molecule has 0 saturated carbocycles. The number of nitrogens with zero attached hydrogens (tertiary/aromatic N) is 2. The zero-order chi connectivity index (χ0) is 12.4. The summed E-state index contributed by atoms with van der Waals surface area (Å²) in [6.07, 6.45) is 1.63. The third-order valence-corrected chi connectivity index (χ3v) is 3.07. The average molecular weight is 313 g/mol. The number of nitrogens with one attached hydrogen (secondary N) is 1. The van der Waals surface area contributed by atoms with Crippen LogP contribution < -0.4 is 5.32 Å². The molecule has 0 spiro atoms. The highest BCUT2D eigenvalue weighted by Crippen LogP contribution is 2.21. The van der Waals surface area contributed by atoms with Gasteiger partial charge in [-0.05, 0) is 37.6 Å². The molecule has 2 heterocycles. The predicted molar refractivity (Wildman–Crippen MR) is 73.9 cm³/mol. The highest BCUT2D eigenvalue weighted by atomic mass is 79.9. The Bertz CT molecular complexity index is 537. The van der Waals surface area contributed by atoms with Crippen molar-refractivity contribution in [2.45, 2.75) is 13.8 Å². The first kappa shape index (κ1) is 12.3. The Morgan fingerprint density at radius 2 is 1.94 bits per heavy atom. The highest BCUT2D eigenvalue weighted by molar-refractivity contribution is 9.10. The van der Waals surface area contributed by atoms with Crippen molar-refractivity contribution >= 4 is 39.2 Å². The summed E-state index contributed by atoms with van der Waals surface area (Å²) >= 11 is 9.35. The number of pyridine rings is 2. The summed E-state index contributed by atoms with van der Waals surface area (Å²) < 4.78 is 0.984. The van der Waals surface area contributed by atoms with Crippen LogP contribution in [-0.2, 0) is 0 Å². The second-order valence-corrected chi connectivity index (χ2v) is 5.08. The second-order valence-electron chi connectivity index (χ2n) is 3.76. The van der Waals surface area contributed by atoms with Gasteiger partial charge in [0.25, 0.3) is 0 Å². The van der Waals surface area contributed by atoms with Crippen molar-refractivity contribution in [1.29, 1.82) is 0 Å². The van der Waals surface area contributed by atoms with Crippen molar-refractivity contribution in [2.75, 3.05) is 5.32 Å². The van der Waals surface area contributed by atoms with Gasteiger partial charge in [-0.3, -0.25) is 0 Å². The molecule has 2 rings (SSSR count). The van der Waals surface area contributed by atoms with E-state index >= 15 is 0 Å². The van der Waals surface area contributed by atoms with Crippen LogP contribution in [0, 0.1) is 13.8 Å². The normalized spacial score (nSPS) is 10.4. The van der Waals surface area contributed by atoms with Gasteiger partial charge in [-0.2, -0.15) is 0 Å². The van der Waals surface area contributed by atoms with Crippen molar-refractivity contribution in [2.24, 2.45) is 0 Å². The third kappa shape index (κ3) is 3.17. The summed E-state index contributed by atoms with van der Waals surface area (Å²) in [4.78, 5) is 8.56.